The topological polar surface area (TPSA) is 58.6 Å². The van der Waals surface area contributed by atoms with Crippen LogP contribution < -0.4 is 10.1 Å². The van der Waals surface area contributed by atoms with Crippen LogP contribution in [0.3, 0.4) is 0 Å². The van der Waals surface area contributed by atoms with Gasteiger partial charge in [-0.2, -0.15) is 0 Å². The van der Waals surface area contributed by atoms with Gasteiger partial charge in [0.25, 0.3) is 11.8 Å². The van der Waals surface area contributed by atoms with Crippen molar-refractivity contribution in [2.24, 2.45) is 0 Å². The average Bonchev–Trinajstić information content (AvgIpc) is 2.76. The Kier molecular flexibility index (Phi) is 3.50. The molecule has 6 heteroatoms. The Bertz CT molecular complexity index is 761. The molecule has 0 unspecified atom stereocenters. The van der Waals surface area contributed by atoms with E-state index in [-0.39, 0.29) is 17.8 Å². The number of nitrogens with zero attached hydrogens (tertiary/aromatic N) is 1. The van der Waals surface area contributed by atoms with Crippen LogP contribution in [0.25, 0.3) is 0 Å². The molecule has 1 heterocycles. The molecule has 1 aliphatic heterocycles. The number of amides is 2. The van der Waals surface area contributed by atoms with E-state index in [1.807, 2.05) is 12.1 Å². The first-order valence-corrected chi connectivity index (χ1v) is 6.64. The SMILES string of the molecule is COc1ccccc1NCN1C(=O)c2ccc(F)cc2C1=O. The van der Waals surface area contributed by atoms with Crippen molar-refractivity contribution in [1.29, 1.82) is 0 Å². The number of anilines is 1. The maximum atomic E-state index is 13.2. The van der Waals surface area contributed by atoms with Gasteiger partial charge in [0, 0.05) is 0 Å². The lowest BCUT2D eigenvalue weighted by molar-refractivity contribution is 0.0665. The fourth-order valence-corrected chi connectivity index (χ4v) is 2.36. The monoisotopic (exact) mass is 300 g/mol. The molecule has 0 radical (unpaired) electrons. The lowest BCUT2D eigenvalue weighted by Gasteiger charge is -2.17. The van der Waals surface area contributed by atoms with Crippen LogP contribution in [0, 0.1) is 5.82 Å². The summed E-state index contributed by atoms with van der Waals surface area (Å²) in [5.41, 5.74) is 0.966. The Hall–Kier alpha value is -2.89. The highest BCUT2D eigenvalue weighted by atomic mass is 19.1. The molecule has 0 atom stereocenters. The van der Waals surface area contributed by atoms with E-state index in [1.54, 1.807) is 12.1 Å². The van der Waals surface area contributed by atoms with Gasteiger partial charge in [0.1, 0.15) is 11.6 Å². The Morgan fingerprint density at radius 3 is 2.59 bits per heavy atom. The van der Waals surface area contributed by atoms with Crippen molar-refractivity contribution in [3.05, 3.63) is 59.4 Å². The van der Waals surface area contributed by atoms with E-state index in [2.05, 4.69) is 5.32 Å². The van der Waals surface area contributed by atoms with E-state index in [9.17, 15) is 14.0 Å². The standard InChI is InChI=1S/C16H13FN2O3/c1-22-14-5-3-2-4-13(14)18-9-19-15(20)11-7-6-10(17)8-12(11)16(19)21/h2-8,18H,9H2,1H3. The summed E-state index contributed by atoms with van der Waals surface area (Å²) in [6.07, 6.45) is 0. The van der Waals surface area contributed by atoms with Crippen LogP contribution in [0.4, 0.5) is 10.1 Å². The number of rotatable bonds is 4. The van der Waals surface area contributed by atoms with Crippen LogP contribution in [0.15, 0.2) is 42.5 Å². The van der Waals surface area contributed by atoms with Crippen molar-refractivity contribution in [2.75, 3.05) is 19.1 Å². The number of hydrogen-bond donors (Lipinski definition) is 1. The van der Waals surface area contributed by atoms with Gasteiger partial charge >= 0.3 is 0 Å². The zero-order valence-electron chi connectivity index (χ0n) is 11.8. The summed E-state index contributed by atoms with van der Waals surface area (Å²) in [6, 6.07) is 10.7. The molecule has 2 amide bonds. The average molecular weight is 300 g/mol. The number of hydrogen-bond acceptors (Lipinski definition) is 4. The van der Waals surface area contributed by atoms with E-state index in [0.29, 0.717) is 11.4 Å². The molecule has 1 N–H and O–H groups in total. The summed E-state index contributed by atoms with van der Waals surface area (Å²) in [6.45, 7) is -0.0195. The Morgan fingerprint density at radius 1 is 1.09 bits per heavy atom. The molecule has 2 aromatic carbocycles. The minimum Gasteiger partial charge on any atom is -0.495 e. The molecule has 0 aliphatic carbocycles. The third kappa shape index (κ3) is 2.28. The zero-order valence-corrected chi connectivity index (χ0v) is 11.8. The van der Waals surface area contributed by atoms with Gasteiger partial charge in [0.15, 0.2) is 0 Å². The molecule has 22 heavy (non-hydrogen) atoms. The predicted molar refractivity (Wildman–Crippen MR) is 78.4 cm³/mol. The van der Waals surface area contributed by atoms with Gasteiger partial charge in [0.2, 0.25) is 0 Å². The van der Waals surface area contributed by atoms with E-state index >= 15 is 0 Å². The minimum absolute atomic E-state index is 0.0195. The molecule has 0 aromatic heterocycles. The highest BCUT2D eigenvalue weighted by molar-refractivity contribution is 6.21. The maximum absolute atomic E-state index is 13.2. The van der Waals surface area contributed by atoms with Crippen LogP contribution in [0.2, 0.25) is 0 Å². The van der Waals surface area contributed by atoms with Gasteiger partial charge in [0.05, 0.1) is 30.6 Å². The van der Waals surface area contributed by atoms with Crippen molar-refractivity contribution in [3.63, 3.8) is 0 Å². The lowest BCUT2D eigenvalue weighted by atomic mass is 10.1. The number of carbonyl (C=O) groups excluding carboxylic acids is 2. The predicted octanol–water partition coefficient (Wildman–Crippen LogP) is 2.50. The molecule has 112 valence electrons. The summed E-state index contributed by atoms with van der Waals surface area (Å²) in [7, 11) is 1.53. The number of fused-ring (bicyclic) bond motifs is 1. The number of carbonyl (C=O) groups is 2. The van der Waals surface area contributed by atoms with Crippen molar-refractivity contribution < 1.29 is 18.7 Å². The number of benzene rings is 2. The number of imide groups is 1. The fourth-order valence-electron chi connectivity index (χ4n) is 2.36. The maximum Gasteiger partial charge on any atom is 0.263 e. The third-order valence-electron chi connectivity index (χ3n) is 3.47. The van der Waals surface area contributed by atoms with Crippen LogP contribution >= 0.6 is 0 Å². The highest BCUT2D eigenvalue weighted by Gasteiger charge is 2.35. The van der Waals surface area contributed by atoms with Gasteiger partial charge in [-0.15, -0.1) is 0 Å². The second-order valence-electron chi connectivity index (χ2n) is 4.76. The second-order valence-corrected chi connectivity index (χ2v) is 4.76. The van der Waals surface area contributed by atoms with Crippen LogP contribution in [0.5, 0.6) is 5.75 Å². The Morgan fingerprint density at radius 2 is 1.82 bits per heavy atom. The normalized spacial score (nSPS) is 13.3. The molecular formula is C16H13FN2O3. The molecule has 2 aromatic rings. The number of ether oxygens (including phenoxy) is 1. The Labute approximate surface area is 126 Å². The first-order valence-electron chi connectivity index (χ1n) is 6.64. The minimum atomic E-state index is -0.542. The molecule has 5 nitrogen and oxygen atoms in total. The molecule has 0 spiro atoms. The van der Waals surface area contributed by atoms with Crippen molar-refractivity contribution in [2.45, 2.75) is 0 Å². The lowest BCUT2D eigenvalue weighted by Crippen LogP contribution is -2.34. The second kappa shape index (κ2) is 5.48. The highest BCUT2D eigenvalue weighted by Crippen LogP contribution is 2.26. The molecule has 0 saturated heterocycles. The fraction of sp³-hybridized carbons (Fsp3) is 0.125. The molecular weight excluding hydrogens is 287 g/mol. The van der Waals surface area contributed by atoms with Gasteiger partial charge in [-0.1, -0.05) is 12.1 Å². The number of methoxy groups -OCH3 is 1. The van der Waals surface area contributed by atoms with Gasteiger partial charge in [-0.05, 0) is 30.3 Å². The quantitative estimate of drug-likeness (QED) is 0.881. The molecule has 0 saturated carbocycles. The van der Waals surface area contributed by atoms with Crippen molar-refractivity contribution in [3.8, 4) is 5.75 Å². The molecule has 3 rings (SSSR count). The van der Waals surface area contributed by atoms with E-state index in [1.165, 1.54) is 19.2 Å². The Balaban J connectivity index is 1.80. The first kappa shape index (κ1) is 14.1. The smallest absolute Gasteiger partial charge is 0.263 e. The third-order valence-corrected chi connectivity index (χ3v) is 3.47. The number of halogens is 1. The van der Waals surface area contributed by atoms with Gasteiger partial charge < -0.3 is 10.1 Å². The molecule has 0 bridgehead atoms. The summed E-state index contributed by atoms with van der Waals surface area (Å²) in [5, 5.41) is 2.98. The summed E-state index contributed by atoms with van der Waals surface area (Å²) in [5.74, 6) is -0.895. The van der Waals surface area contributed by atoms with Crippen LogP contribution in [-0.4, -0.2) is 30.5 Å². The molecule has 1 aliphatic rings. The van der Waals surface area contributed by atoms with Gasteiger partial charge in [-0.3, -0.25) is 14.5 Å². The number of para-hydroxylation sites is 2. The zero-order chi connectivity index (χ0) is 15.7. The summed E-state index contributed by atoms with van der Waals surface area (Å²) in [4.78, 5) is 25.4. The van der Waals surface area contributed by atoms with Crippen LogP contribution in [0.1, 0.15) is 20.7 Å². The van der Waals surface area contributed by atoms with Crippen molar-refractivity contribution >= 4 is 17.5 Å². The summed E-state index contributed by atoms with van der Waals surface area (Å²) < 4.78 is 18.4. The molecule has 0 fully saturated rings. The number of nitrogens with one attached hydrogen (secondary N) is 1. The summed E-state index contributed by atoms with van der Waals surface area (Å²) >= 11 is 0. The van der Waals surface area contributed by atoms with Crippen molar-refractivity contribution in [1.82, 2.24) is 4.90 Å². The van der Waals surface area contributed by atoms with Gasteiger partial charge in [-0.25, -0.2) is 4.39 Å². The van der Waals surface area contributed by atoms with Crippen LogP contribution in [-0.2, 0) is 0 Å². The van der Waals surface area contributed by atoms with E-state index < -0.39 is 17.6 Å². The first-order chi connectivity index (χ1) is 10.6. The largest absolute Gasteiger partial charge is 0.495 e. The van der Waals surface area contributed by atoms with E-state index in [4.69, 9.17) is 4.74 Å². The van der Waals surface area contributed by atoms with E-state index in [0.717, 1.165) is 11.0 Å².